The summed E-state index contributed by atoms with van der Waals surface area (Å²) in [5, 5.41) is 0. The van der Waals surface area contributed by atoms with Crippen molar-refractivity contribution < 1.29 is 19.1 Å². The van der Waals surface area contributed by atoms with Crippen LogP contribution in [0, 0.1) is 0 Å². The molecule has 0 aliphatic carbocycles. The van der Waals surface area contributed by atoms with Gasteiger partial charge in [-0.05, 0) is 18.2 Å². The number of ether oxygens (including phenoxy) is 2. The third-order valence-corrected chi connectivity index (χ3v) is 2.54. The Morgan fingerprint density at radius 3 is 2.61 bits per heavy atom. The molecule has 18 heavy (non-hydrogen) atoms. The van der Waals surface area contributed by atoms with Crippen LogP contribution in [0.15, 0.2) is 24.3 Å². The molecule has 0 N–H and O–H groups in total. The molecule has 98 valence electrons. The van der Waals surface area contributed by atoms with E-state index < -0.39 is 0 Å². The molecule has 0 aliphatic rings. The predicted molar refractivity (Wildman–Crippen MR) is 66.6 cm³/mol. The summed E-state index contributed by atoms with van der Waals surface area (Å²) in [6.45, 7) is 0.322. The van der Waals surface area contributed by atoms with Gasteiger partial charge < -0.3 is 14.4 Å². The molecule has 0 heterocycles. The second-order valence-corrected chi connectivity index (χ2v) is 3.78. The van der Waals surface area contributed by atoms with Crippen LogP contribution in [-0.4, -0.2) is 44.6 Å². The molecular weight excluding hydrogens is 234 g/mol. The Balaban J connectivity index is 2.65. The van der Waals surface area contributed by atoms with Crippen molar-refractivity contribution in [3.8, 4) is 5.75 Å². The van der Waals surface area contributed by atoms with Crippen molar-refractivity contribution in [2.24, 2.45) is 0 Å². The first-order valence-corrected chi connectivity index (χ1v) is 5.54. The fraction of sp³-hybridized carbons (Fsp3) is 0.385. The van der Waals surface area contributed by atoms with Crippen LogP contribution in [0.2, 0.25) is 0 Å². The molecule has 5 heteroatoms. The quantitative estimate of drug-likeness (QED) is 0.741. The lowest BCUT2D eigenvalue weighted by Crippen LogP contribution is -2.29. The normalized spacial score (nSPS) is 9.72. The first-order chi connectivity index (χ1) is 8.58. The van der Waals surface area contributed by atoms with Gasteiger partial charge in [0.2, 0.25) is 0 Å². The molecule has 0 atom stereocenters. The van der Waals surface area contributed by atoms with Crippen molar-refractivity contribution in [1.82, 2.24) is 4.90 Å². The average molecular weight is 251 g/mol. The topological polar surface area (TPSA) is 55.8 Å². The van der Waals surface area contributed by atoms with Gasteiger partial charge in [0, 0.05) is 19.2 Å². The van der Waals surface area contributed by atoms with Gasteiger partial charge in [-0.25, -0.2) is 0 Å². The van der Waals surface area contributed by atoms with Crippen LogP contribution >= 0.6 is 0 Å². The Bertz CT molecular complexity index is 431. The van der Waals surface area contributed by atoms with Gasteiger partial charge in [-0.15, -0.1) is 0 Å². The van der Waals surface area contributed by atoms with Gasteiger partial charge in [0.1, 0.15) is 5.75 Å². The zero-order valence-electron chi connectivity index (χ0n) is 10.8. The lowest BCUT2D eigenvalue weighted by Gasteiger charge is -2.16. The molecule has 0 aliphatic heterocycles. The number of benzene rings is 1. The molecule has 0 saturated carbocycles. The minimum atomic E-state index is -0.333. The minimum Gasteiger partial charge on any atom is -0.497 e. The summed E-state index contributed by atoms with van der Waals surface area (Å²) >= 11 is 0. The molecule has 0 bridgehead atoms. The molecule has 0 saturated heterocycles. The number of nitrogens with zero attached hydrogens (tertiary/aromatic N) is 1. The van der Waals surface area contributed by atoms with Crippen LogP contribution in [-0.2, 0) is 9.53 Å². The van der Waals surface area contributed by atoms with Crippen LogP contribution in [0.4, 0.5) is 0 Å². The molecule has 0 spiro atoms. The SMILES string of the molecule is COC(=O)CCN(C)C(=O)c1cccc(OC)c1. The number of esters is 1. The number of carbonyl (C=O) groups is 2. The van der Waals surface area contributed by atoms with Gasteiger partial charge >= 0.3 is 5.97 Å². The highest BCUT2D eigenvalue weighted by atomic mass is 16.5. The largest absolute Gasteiger partial charge is 0.497 e. The molecule has 0 aromatic heterocycles. The number of methoxy groups -OCH3 is 2. The first kappa shape index (κ1) is 14.0. The molecule has 1 amide bonds. The monoisotopic (exact) mass is 251 g/mol. The van der Waals surface area contributed by atoms with Gasteiger partial charge in [0.05, 0.1) is 20.6 Å². The van der Waals surface area contributed by atoms with Gasteiger partial charge in [0.25, 0.3) is 5.91 Å². The maximum atomic E-state index is 12.0. The van der Waals surface area contributed by atoms with Crippen LogP contribution in [0.1, 0.15) is 16.8 Å². The number of hydrogen-bond donors (Lipinski definition) is 0. The number of rotatable bonds is 5. The highest BCUT2D eigenvalue weighted by molar-refractivity contribution is 5.94. The van der Waals surface area contributed by atoms with Gasteiger partial charge in [0.15, 0.2) is 0 Å². The summed E-state index contributed by atoms with van der Waals surface area (Å²) in [5.41, 5.74) is 0.529. The van der Waals surface area contributed by atoms with E-state index in [0.29, 0.717) is 17.9 Å². The van der Waals surface area contributed by atoms with E-state index in [2.05, 4.69) is 4.74 Å². The maximum absolute atomic E-state index is 12.0. The zero-order valence-corrected chi connectivity index (χ0v) is 10.8. The molecule has 0 radical (unpaired) electrons. The molecule has 1 rings (SSSR count). The summed E-state index contributed by atoms with van der Waals surface area (Å²) < 4.78 is 9.58. The Labute approximate surface area is 106 Å². The molecule has 1 aromatic rings. The van der Waals surface area contributed by atoms with Crippen LogP contribution < -0.4 is 4.74 Å². The standard InChI is InChI=1S/C13H17NO4/c1-14(8-7-12(15)18-3)13(16)10-5-4-6-11(9-10)17-2/h4-6,9H,7-8H2,1-3H3. The van der Waals surface area contributed by atoms with E-state index >= 15 is 0 Å². The van der Waals surface area contributed by atoms with E-state index in [0.717, 1.165) is 0 Å². The molecule has 1 aromatic carbocycles. The number of hydrogen-bond acceptors (Lipinski definition) is 4. The van der Waals surface area contributed by atoms with E-state index in [9.17, 15) is 9.59 Å². The summed E-state index contributed by atoms with van der Waals surface area (Å²) in [5.74, 6) is 0.139. The smallest absolute Gasteiger partial charge is 0.307 e. The van der Waals surface area contributed by atoms with Crippen molar-refractivity contribution in [3.63, 3.8) is 0 Å². The first-order valence-electron chi connectivity index (χ1n) is 5.54. The summed E-state index contributed by atoms with van der Waals surface area (Å²) in [7, 11) is 4.52. The molecule has 0 unspecified atom stereocenters. The average Bonchev–Trinajstić information content (AvgIpc) is 2.43. The molecular formula is C13H17NO4. The van der Waals surface area contributed by atoms with Crippen molar-refractivity contribution >= 4 is 11.9 Å². The van der Waals surface area contributed by atoms with E-state index in [1.165, 1.54) is 12.0 Å². The molecule has 5 nitrogen and oxygen atoms in total. The second-order valence-electron chi connectivity index (χ2n) is 3.78. The fourth-order valence-corrected chi connectivity index (χ4v) is 1.44. The Morgan fingerprint density at radius 1 is 1.28 bits per heavy atom. The number of amides is 1. The highest BCUT2D eigenvalue weighted by Gasteiger charge is 2.13. The van der Waals surface area contributed by atoms with Crippen LogP contribution in [0.3, 0.4) is 0 Å². The van der Waals surface area contributed by atoms with Gasteiger partial charge in [-0.3, -0.25) is 9.59 Å². The highest BCUT2D eigenvalue weighted by Crippen LogP contribution is 2.14. The second kappa shape index (κ2) is 6.64. The van der Waals surface area contributed by atoms with Crippen LogP contribution in [0.5, 0.6) is 5.75 Å². The van der Waals surface area contributed by atoms with Gasteiger partial charge in [-0.2, -0.15) is 0 Å². The maximum Gasteiger partial charge on any atom is 0.307 e. The Hall–Kier alpha value is -2.04. The van der Waals surface area contributed by atoms with E-state index in [-0.39, 0.29) is 18.3 Å². The third-order valence-electron chi connectivity index (χ3n) is 2.54. The van der Waals surface area contributed by atoms with Crippen molar-refractivity contribution in [1.29, 1.82) is 0 Å². The summed E-state index contributed by atoms with van der Waals surface area (Å²) in [6, 6.07) is 6.89. The number of carbonyl (C=O) groups excluding carboxylic acids is 2. The third kappa shape index (κ3) is 3.76. The fourth-order valence-electron chi connectivity index (χ4n) is 1.44. The molecule has 0 fully saturated rings. The summed E-state index contributed by atoms with van der Waals surface area (Å²) in [4.78, 5) is 24.5. The Kier molecular flexibility index (Phi) is 5.17. The van der Waals surface area contributed by atoms with Crippen molar-refractivity contribution in [2.75, 3.05) is 27.8 Å². The van der Waals surface area contributed by atoms with E-state index in [4.69, 9.17) is 4.74 Å². The Morgan fingerprint density at radius 2 is 2.00 bits per heavy atom. The summed E-state index contributed by atoms with van der Waals surface area (Å²) in [6.07, 6.45) is 0.183. The van der Waals surface area contributed by atoms with E-state index in [1.54, 1.807) is 38.4 Å². The lowest BCUT2D eigenvalue weighted by molar-refractivity contribution is -0.140. The van der Waals surface area contributed by atoms with Gasteiger partial charge in [-0.1, -0.05) is 6.07 Å². The van der Waals surface area contributed by atoms with E-state index in [1.807, 2.05) is 0 Å². The van der Waals surface area contributed by atoms with Crippen molar-refractivity contribution in [3.05, 3.63) is 29.8 Å². The zero-order chi connectivity index (χ0) is 13.5. The lowest BCUT2D eigenvalue weighted by atomic mass is 10.2. The van der Waals surface area contributed by atoms with Crippen LogP contribution in [0.25, 0.3) is 0 Å². The van der Waals surface area contributed by atoms with Crippen molar-refractivity contribution in [2.45, 2.75) is 6.42 Å². The predicted octanol–water partition coefficient (Wildman–Crippen LogP) is 1.33. The minimum absolute atomic E-state index is 0.155.